The number of aromatic nitrogens is 2. The van der Waals surface area contributed by atoms with Gasteiger partial charge in [-0.3, -0.25) is 14.5 Å². The van der Waals surface area contributed by atoms with Gasteiger partial charge in [0.05, 0.1) is 16.9 Å². The van der Waals surface area contributed by atoms with E-state index in [0.29, 0.717) is 42.0 Å². The number of anilines is 1. The quantitative estimate of drug-likeness (QED) is 0.560. The summed E-state index contributed by atoms with van der Waals surface area (Å²) >= 11 is 0. The molecule has 0 bridgehead atoms. The highest BCUT2D eigenvalue weighted by Gasteiger charge is 2.23. The first kappa shape index (κ1) is 21.5. The van der Waals surface area contributed by atoms with Crippen LogP contribution in [0.1, 0.15) is 32.9 Å². The largest absolute Gasteiger partial charge is 0.368 e. The molecule has 2 aliphatic rings. The van der Waals surface area contributed by atoms with Crippen molar-refractivity contribution < 1.29 is 9.18 Å². The van der Waals surface area contributed by atoms with Gasteiger partial charge in [-0.15, -0.1) is 0 Å². The number of hydrogen-bond acceptors (Lipinski definition) is 6. The summed E-state index contributed by atoms with van der Waals surface area (Å²) in [4.78, 5) is 35.8. The number of H-pyrrole nitrogens is 1. The number of amides is 1. The lowest BCUT2D eigenvalue weighted by Gasteiger charge is -2.36. The molecule has 8 nitrogen and oxygen atoms in total. The first-order valence-electron chi connectivity index (χ1n) is 11.2. The van der Waals surface area contributed by atoms with Crippen molar-refractivity contribution in [3.8, 4) is 0 Å². The smallest absolute Gasteiger partial charge is 0.269 e. The summed E-state index contributed by atoms with van der Waals surface area (Å²) < 4.78 is 15.3. The van der Waals surface area contributed by atoms with Gasteiger partial charge in [-0.25, -0.2) is 9.37 Å². The van der Waals surface area contributed by atoms with Crippen LogP contribution in [-0.2, 0) is 19.6 Å². The fourth-order valence-corrected chi connectivity index (χ4v) is 4.84. The van der Waals surface area contributed by atoms with Crippen LogP contribution in [-0.4, -0.2) is 54.0 Å². The molecule has 5 rings (SSSR count). The van der Waals surface area contributed by atoms with E-state index in [1.807, 2.05) is 25.1 Å². The lowest BCUT2D eigenvalue weighted by atomic mass is 10.0. The van der Waals surface area contributed by atoms with E-state index >= 15 is 4.39 Å². The minimum Gasteiger partial charge on any atom is -0.368 e. The lowest BCUT2D eigenvalue weighted by Crippen LogP contribution is -2.46. The summed E-state index contributed by atoms with van der Waals surface area (Å²) in [5, 5.41) is 6.55. The lowest BCUT2D eigenvalue weighted by molar-refractivity contribution is 0.0958. The SMILES string of the molecule is CNC(=O)c1ccc(N2CCN(Cc3ccc4c5c(c(=O)[nH]c4c3F)CNC5)CC2)c(C)n1. The molecule has 1 fully saturated rings. The molecule has 0 radical (unpaired) electrons. The van der Waals surface area contributed by atoms with Crippen LogP contribution in [0.5, 0.6) is 0 Å². The minimum absolute atomic E-state index is 0.200. The van der Waals surface area contributed by atoms with Crippen molar-refractivity contribution in [2.24, 2.45) is 0 Å². The second-order valence-electron chi connectivity index (χ2n) is 8.62. The summed E-state index contributed by atoms with van der Waals surface area (Å²) in [6.07, 6.45) is 0. The Morgan fingerprint density at radius 2 is 1.88 bits per heavy atom. The molecule has 1 amide bonds. The maximum atomic E-state index is 15.3. The Balaban J connectivity index is 1.30. The van der Waals surface area contributed by atoms with E-state index in [2.05, 4.69) is 30.4 Å². The molecule has 0 unspecified atom stereocenters. The first-order valence-corrected chi connectivity index (χ1v) is 11.2. The van der Waals surface area contributed by atoms with E-state index in [0.717, 1.165) is 48.5 Å². The van der Waals surface area contributed by atoms with Gasteiger partial charge >= 0.3 is 0 Å². The Morgan fingerprint density at radius 1 is 1.12 bits per heavy atom. The Labute approximate surface area is 190 Å². The van der Waals surface area contributed by atoms with Crippen molar-refractivity contribution in [2.45, 2.75) is 26.6 Å². The van der Waals surface area contributed by atoms with Gasteiger partial charge < -0.3 is 20.5 Å². The third kappa shape index (κ3) is 3.87. The topological polar surface area (TPSA) is 93.4 Å². The predicted octanol–water partition coefficient (Wildman–Crippen LogP) is 1.66. The van der Waals surface area contributed by atoms with Crippen LogP contribution in [0, 0.1) is 12.7 Å². The van der Waals surface area contributed by atoms with Crippen molar-refractivity contribution in [2.75, 3.05) is 38.1 Å². The highest BCUT2D eigenvalue weighted by molar-refractivity contribution is 5.92. The van der Waals surface area contributed by atoms with Crippen molar-refractivity contribution in [3.63, 3.8) is 0 Å². The molecule has 0 saturated carbocycles. The van der Waals surface area contributed by atoms with E-state index in [1.165, 1.54) is 0 Å². The summed E-state index contributed by atoms with van der Waals surface area (Å²) in [6, 6.07) is 7.45. The van der Waals surface area contributed by atoms with E-state index in [1.54, 1.807) is 13.1 Å². The van der Waals surface area contributed by atoms with Crippen LogP contribution in [0.2, 0.25) is 0 Å². The number of carbonyl (C=O) groups is 1. The van der Waals surface area contributed by atoms with Crippen molar-refractivity contribution >= 4 is 22.5 Å². The second-order valence-corrected chi connectivity index (χ2v) is 8.62. The molecule has 1 aromatic carbocycles. The molecule has 3 aromatic rings. The number of aryl methyl sites for hydroxylation is 1. The zero-order valence-corrected chi connectivity index (χ0v) is 18.8. The molecule has 172 valence electrons. The molecule has 33 heavy (non-hydrogen) atoms. The molecule has 1 saturated heterocycles. The number of fused-ring (bicyclic) bond motifs is 3. The van der Waals surface area contributed by atoms with Gasteiger partial charge in [0, 0.05) is 69.4 Å². The molecule has 0 atom stereocenters. The predicted molar refractivity (Wildman–Crippen MR) is 125 cm³/mol. The number of halogens is 1. The fraction of sp³-hybridized carbons (Fsp3) is 0.375. The summed E-state index contributed by atoms with van der Waals surface area (Å²) in [5.41, 5.74) is 4.53. The number of aromatic amines is 1. The molecule has 9 heteroatoms. The summed E-state index contributed by atoms with van der Waals surface area (Å²) in [6.45, 7) is 6.63. The van der Waals surface area contributed by atoms with Crippen LogP contribution < -0.4 is 21.1 Å². The molecule has 4 heterocycles. The summed E-state index contributed by atoms with van der Waals surface area (Å²) in [7, 11) is 1.59. The van der Waals surface area contributed by atoms with Crippen LogP contribution in [0.25, 0.3) is 10.9 Å². The number of carbonyl (C=O) groups excluding carboxylic acids is 1. The third-order valence-electron chi connectivity index (χ3n) is 6.65. The van der Waals surface area contributed by atoms with Crippen molar-refractivity contribution in [1.29, 1.82) is 0 Å². The summed E-state index contributed by atoms with van der Waals surface area (Å²) in [5.74, 6) is -0.541. The van der Waals surface area contributed by atoms with Crippen LogP contribution in [0.3, 0.4) is 0 Å². The zero-order chi connectivity index (χ0) is 23.1. The molecular formula is C24H27FN6O2. The Hall–Kier alpha value is -3.30. The van der Waals surface area contributed by atoms with Crippen LogP contribution >= 0.6 is 0 Å². The highest BCUT2D eigenvalue weighted by atomic mass is 19.1. The Bertz CT molecular complexity index is 1300. The second kappa shape index (κ2) is 8.57. The third-order valence-corrected chi connectivity index (χ3v) is 6.65. The zero-order valence-electron chi connectivity index (χ0n) is 18.8. The molecule has 3 N–H and O–H groups in total. The number of hydrogen-bond donors (Lipinski definition) is 3. The van der Waals surface area contributed by atoms with E-state index in [9.17, 15) is 9.59 Å². The normalized spacial score (nSPS) is 16.3. The van der Waals surface area contributed by atoms with E-state index < -0.39 is 0 Å². The van der Waals surface area contributed by atoms with Crippen molar-refractivity contribution in [3.05, 3.63) is 68.5 Å². The Kier molecular flexibility index (Phi) is 5.59. The average Bonchev–Trinajstić information content (AvgIpc) is 3.32. The van der Waals surface area contributed by atoms with Crippen LogP contribution in [0.4, 0.5) is 10.1 Å². The molecule has 2 aliphatic heterocycles. The van der Waals surface area contributed by atoms with Gasteiger partial charge in [0.15, 0.2) is 5.82 Å². The van der Waals surface area contributed by atoms with Gasteiger partial charge in [0.25, 0.3) is 11.5 Å². The van der Waals surface area contributed by atoms with Gasteiger partial charge in [-0.2, -0.15) is 0 Å². The average molecular weight is 451 g/mol. The molecule has 0 aliphatic carbocycles. The maximum Gasteiger partial charge on any atom is 0.269 e. The number of benzene rings is 1. The number of rotatable bonds is 4. The monoisotopic (exact) mass is 450 g/mol. The van der Waals surface area contributed by atoms with Gasteiger partial charge in [-0.05, 0) is 24.6 Å². The van der Waals surface area contributed by atoms with E-state index in [4.69, 9.17) is 0 Å². The van der Waals surface area contributed by atoms with Gasteiger partial charge in [-0.1, -0.05) is 12.1 Å². The standard InChI is InChI=1S/C24H27FN6O2/c1-14-20(6-5-19(28-14)24(33)26-2)31-9-7-30(8-10-31)13-15-3-4-16-17-11-27-12-18(17)23(32)29-22(16)21(15)25/h3-6,27H,7-13H2,1-2H3,(H,26,33)(H,29,32). The Morgan fingerprint density at radius 3 is 2.61 bits per heavy atom. The molecule has 0 spiro atoms. The molecule has 2 aromatic heterocycles. The highest BCUT2D eigenvalue weighted by Crippen LogP contribution is 2.27. The molecular weight excluding hydrogens is 423 g/mol. The first-order chi connectivity index (χ1) is 16.0. The van der Waals surface area contributed by atoms with Gasteiger partial charge in [0.2, 0.25) is 0 Å². The number of nitrogens with one attached hydrogen (secondary N) is 3. The number of piperazine rings is 1. The van der Waals surface area contributed by atoms with E-state index in [-0.39, 0.29) is 17.3 Å². The minimum atomic E-state index is -0.341. The van der Waals surface area contributed by atoms with Crippen LogP contribution in [0.15, 0.2) is 29.1 Å². The van der Waals surface area contributed by atoms with Crippen molar-refractivity contribution in [1.82, 2.24) is 25.5 Å². The van der Waals surface area contributed by atoms with Gasteiger partial charge in [0.1, 0.15) is 5.69 Å². The maximum absolute atomic E-state index is 15.3. The number of pyridine rings is 2. The number of nitrogens with zero attached hydrogens (tertiary/aromatic N) is 3. The fourth-order valence-electron chi connectivity index (χ4n) is 4.84.